The summed E-state index contributed by atoms with van der Waals surface area (Å²) in [6.45, 7) is 4.07. The van der Waals surface area contributed by atoms with E-state index in [2.05, 4.69) is 13.0 Å². The molecule has 24 heavy (non-hydrogen) atoms. The van der Waals surface area contributed by atoms with E-state index < -0.39 is 0 Å². The van der Waals surface area contributed by atoms with Gasteiger partial charge in [0.15, 0.2) is 6.29 Å². The highest BCUT2D eigenvalue weighted by Crippen LogP contribution is 2.43. The lowest BCUT2D eigenvalue weighted by Gasteiger charge is -2.40. The van der Waals surface area contributed by atoms with E-state index in [1.807, 2.05) is 0 Å². The standard InChI is InChI=1S/C21H35ClO2/c1-2-3-17-14-23-21(24-15-17)20-10-8-19(9-11-20)18-6-4-16(5-7-18)12-13-22/h12-13,16-21H,2-11,14-15H2,1H3/b13-12+/t16-,17-,18-,19?,20?,21-. The summed E-state index contributed by atoms with van der Waals surface area (Å²) in [6, 6.07) is 0. The first-order valence-electron chi connectivity index (χ1n) is 10.3. The molecule has 0 aromatic heterocycles. The molecule has 3 heteroatoms. The van der Waals surface area contributed by atoms with Crippen LogP contribution >= 0.6 is 11.6 Å². The van der Waals surface area contributed by atoms with Gasteiger partial charge in [-0.05, 0) is 75.5 Å². The lowest BCUT2D eigenvalue weighted by atomic mass is 9.69. The molecule has 0 unspecified atom stereocenters. The average Bonchev–Trinajstić information content (AvgIpc) is 2.64. The minimum absolute atomic E-state index is 0.0867. The summed E-state index contributed by atoms with van der Waals surface area (Å²) in [5.41, 5.74) is 1.71. The van der Waals surface area contributed by atoms with Crippen molar-refractivity contribution in [3.05, 3.63) is 11.6 Å². The van der Waals surface area contributed by atoms with Crippen LogP contribution in [0.5, 0.6) is 0 Å². The van der Waals surface area contributed by atoms with Crippen molar-refractivity contribution in [2.75, 3.05) is 13.2 Å². The van der Waals surface area contributed by atoms with Crippen molar-refractivity contribution < 1.29 is 9.47 Å². The fourth-order valence-corrected chi connectivity index (χ4v) is 5.41. The van der Waals surface area contributed by atoms with Gasteiger partial charge in [0.2, 0.25) is 0 Å². The van der Waals surface area contributed by atoms with Crippen LogP contribution in [0.2, 0.25) is 0 Å². The van der Waals surface area contributed by atoms with E-state index in [9.17, 15) is 0 Å². The Morgan fingerprint density at radius 2 is 1.38 bits per heavy atom. The van der Waals surface area contributed by atoms with Crippen molar-refractivity contribution in [3.8, 4) is 0 Å². The molecule has 0 N–H and O–H groups in total. The average molecular weight is 355 g/mol. The molecular weight excluding hydrogens is 320 g/mol. The van der Waals surface area contributed by atoms with Gasteiger partial charge in [-0.15, -0.1) is 0 Å². The molecule has 0 radical (unpaired) electrons. The van der Waals surface area contributed by atoms with Crippen LogP contribution in [0.15, 0.2) is 11.6 Å². The predicted octanol–water partition coefficient (Wildman–Crippen LogP) is 6.14. The maximum Gasteiger partial charge on any atom is 0.160 e. The Kier molecular flexibility index (Phi) is 7.49. The van der Waals surface area contributed by atoms with E-state index in [1.165, 1.54) is 64.2 Å². The molecular formula is C21H35ClO2. The Bertz CT molecular complexity index is 373. The van der Waals surface area contributed by atoms with Crippen molar-refractivity contribution in [3.63, 3.8) is 0 Å². The van der Waals surface area contributed by atoms with Crippen LogP contribution in [0.1, 0.15) is 71.1 Å². The van der Waals surface area contributed by atoms with Gasteiger partial charge in [0.25, 0.3) is 0 Å². The molecule has 1 aliphatic heterocycles. The fourth-order valence-electron chi connectivity index (χ4n) is 5.21. The maximum absolute atomic E-state index is 6.06. The van der Waals surface area contributed by atoms with Crippen molar-refractivity contribution in [1.82, 2.24) is 0 Å². The Morgan fingerprint density at radius 1 is 0.833 bits per heavy atom. The van der Waals surface area contributed by atoms with Crippen molar-refractivity contribution in [2.24, 2.45) is 29.6 Å². The van der Waals surface area contributed by atoms with Crippen LogP contribution < -0.4 is 0 Å². The van der Waals surface area contributed by atoms with E-state index >= 15 is 0 Å². The fraction of sp³-hybridized carbons (Fsp3) is 0.905. The van der Waals surface area contributed by atoms with E-state index in [0.29, 0.717) is 11.8 Å². The van der Waals surface area contributed by atoms with E-state index in [1.54, 1.807) is 5.54 Å². The van der Waals surface area contributed by atoms with Crippen LogP contribution in [-0.4, -0.2) is 19.5 Å². The highest BCUT2D eigenvalue weighted by Gasteiger charge is 2.35. The highest BCUT2D eigenvalue weighted by molar-refractivity contribution is 6.25. The minimum Gasteiger partial charge on any atom is -0.352 e. The highest BCUT2D eigenvalue weighted by atomic mass is 35.5. The van der Waals surface area contributed by atoms with Crippen molar-refractivity contribution in [2.45, 2.75) is 77.4 Å². The summed E-state index contributed by atoms with van der Waals surface area (Å²) in [5, 5.41) is 0. The zero-order valence-corrected chi connectivity index (χ0v) is 16.1. The van der Waals surface area contributed by atoms with Gasteiger partial charge in [-0.2, -0.15) is 0 Å². The van der Waals surface area contributed by atoms with Gasteiger partial charge in [-0.25, -0.2) is 0 Å². The third-order valence-electron chi connectivity index (χ3n) is 6.72. The molecule has 0 bridgehead atoms. The molecule has 3 rings (SSSR count). The zero-order chi connectivity index (χ0) is 16.8. The molecule has 138 valence electrons. The second kappa shape index (κ2) is 9.59. The summed E-state index contributed by atoms with van der Waals surface area (Å²) >= 11 is 5.73. The first kappa shape index (κ1) is 18.7. The zero-order valence-electron chi connectivity index (χ0n) is 15.3. The summed E-state index contributed by atoms with van der Waals surface area (Å²) in [4.78, 5) is 0. The quantitative estimate of drug-likeness (QED) is 0.590. The maximum atomic E-state index is 6.06. The molecule has 0 atom stereocenters. The van der Waals surface area contributed by atoms with Gasteiger partial charge in [0.1, 0.15) is 0 Å². The number of halogens is 1. The molecule has 0 spiro atoms. The van der Waals surface area contributed by atoms with Crippen LogP contribution in [0.25, 0.3) is 0 Å². The third-order valence-corrected chi connectivity index (χ3v) is 6.86. The van der Waals surface area contributed by atoms with E-state index in [-0.39, 0.29) is 6.29 Å². The van der Waals surface area contributed by atoms with Crippen molar-refractivity contribution in [1.29, 1.82) is 0 Å². The topological polar surface area (TPSA) is 18.5 Å². The van der Waals surface area contributed by atoms with Gasteiger partial charge < -0.3 is 9.47 Å². The molecule has 0 aromatic rings. The number of allylic oxidation sites excluding steroid dienone is 1. The van der Waals surface area contributed by atoms with Crippen LogP contribution in [-0.2, 0) is 9.47 Å². The van der Waals surface area contributed by atoms with Crippen LogP contribution in [0, 0.1) is 29.6 Å². The third kappa shape index (κ3) is 4.99. The molecule has 3 fully saturated rings. The lowest BCUT2D eigenvalue weighted by molar-refractivity contribution is -0.230. The summed E-state index contributed by atoms with van der Waals surface area (Å²) < 4.78 is 12.1. The largest absolute Gasteiger partial charge is 0.352 e. The number of hydrogen-bond donors (Lipinski definition) is 0. The normalized spacial score (nSPS) is 41.6. The SMILES string of the molecule is CCC[C@H]1CO[C@H](C2CCC([C@H]3CC[C@H](/C=C/Cl)CC3)CC2)OC1. The Labute approximate surface area is 153 Å². The molecule has 0 amide bonds. The number of rotatable bonds is 5. The van der Waals surface area contributed by atoms with Gasteiger partial charge in [-0.3, -0.25) is 0 Å². The lowest BCUT2D eigenvalue weighted by Crippen LogP contribution is -2.39. The van der Waals surface area contributed by atoms with Crippen LogP contribution in [0.4, 0.5) is 0 Å². The molecule has 2 nitrogen and oxygen atoms in total. The summed E-state index contributed by atoms with van der Waals surface area (Å²) in [6.07, 6.45) is 15.6. The Hall–Kier alpha value is -0.0500. The van der Waals surface area contributed by atoms with Gasteiger partial charge in [0, 0.05) is 17.4 Å². The van der Waals surface area contributed by atoms with E-state index in [0.717, 1.165) is 31.0 Å². The molecule has 3 aliphatic rings. The monoisotopic (exact) mass is 354 g/mol. The van der Waals surface area contributed by atoms with E-state index in [4.69, 9.17) is 21.1 Å². The predicted molar refractivity (Wildman–Crippen MR) is 100.0 cm³/mol. The Balaban J connectivity index is 1.37. The summed E-state index contributed by atoms with van der Waals surface area (Å²) in [7, 11) is 0. The minimum atomic E-state index is 0.0867. The molecule has 2 saturated carbocycles. The second-order valence-electron chi connectivity index (χ2n) is 8.36. The van der Waals surface area contributed by atoms with Gasteiger partial charge >= 0.3 is 0 Å². The first-order chi connectivity index (χ1) is 11.8. The Morgan fingerprint density at radius 3 is 1.92 bits per heavy atom. The summed E-state index contributed by atoms with van der Waals surface area (Å²) in [5.74, 6) is 3.89. The molecule has 1 saturated heterocycles. The smallest absolute Gasteiger partial charge is 0.160 e. The number of hydrogen-bond acceptors (Lipinski definition) is 2. The molecule has 2 aliphatic carbocycles. The van der Waals surface area contributed by atoms with Gasteiger partial charge in [0.05, 0.1) is 13.2 Å². The number of ether oxygens (including phenoxy) is 2. The molecule has 1 heterocycles. The van der Waals surface area contributed by atoms with Crippen LogP contribution in [0.3, 0.4) is 0 Å². The van der Waals surface area contributed by atoms with Crippen molar-refractivity contribution >= 4 is 11.6 Å². The second-order valence-corrected chi connectivity index (χ2v) is 8.61. The molecule has 0 aromatic carbocycles. The first-order valence-corrected chi connectivity index (χ1v) is 10.7. The van der Waals surface area contributed by atoms with Gasteiger partial charge in [-0.1, -0.05) is 31.0 Å².